The average Bonchev–Trinajstić information content (AvgIpc) is 2.36. The van der Waals surface area contributed by atoms with Crippen LogP contribution >= 0.6 is 22.6 Å². The van der Waals surface area contributed by atoms with Gasteiger partial charge in [0.2, 0.25) is 0 Å². The Morgan fingerprint density at radius 1 is 0.696 bits per heavy atom. The van der Waals surface area contributed by atoms with Gasteiger partial charge in [-0.3, -0.25) is 0 Å². The normalized spacial score (nSPS) is 30.0. The van der Waals surface area contributed by atoms with Gasteiger partial charge in [0.1, 0.15) is 0 Å². The topological polar surface area (TPSA) is 20.2 Å². The van der Waals surface area contributed by atoms with Crippen LogP contribution in [0, 0.1) is 0 Å². The maximum absolute atomic E-state index is 14.1. The van der Waals surface area contributed by atoms with Crippen LogP contribution in [0.2, 0.25) is 0 Å². The first-order chi connectivity index (χ1) is 9.95. The molecule has 136 valence electrons. The summed E-state index contributed by atoms with van der Waals surface area (Å²) in [7, 11) is 0. The highest BCUT2D eigenvalue weighted by Crippen LogP contribution is 2.69. The van der Waals surface area contributed by atoms with Crippen LogP contribution in [-0.2, 0) is 0 Å². The lowest BCUT2D eigenvalue weighted by molar-refractivity contribution is -0.476. The predicted octanol–water partition coefficient (Wildman–Crippen LogP) is 4.59. The number of halogens is 12. The van der Waals surface area contributed by atoms with Gasteiger partial charge in [-0.2, -0.15) is 43.9 Å². The minimum atomic E-state index is -7.21. The van der Waals surface area contributed by atoms with Crippen LogP contribution < -0.4 is 0 Å². The fourth-order valence-corrected chi connectivity index (χ4v) is 2.49. The Balaban J connectivity index is 3.79. The molecule has 0 heterocycles. The molecule has 1 N–H and O–H groups in total. The van der Waals surface area contributed by atoms with Crippen LogP contribution in [0.15, 0.2) is 9.66 Å². The summed E-state index contributed by atoms with van der Waals surface area (Å²) in [5.41, 5.74) is -6.11. The summed E-state index contributed by atoms with van der Waals surface area (Å²) < 4.78 is 145. The Labute approximate surface area is 134 Å². The molecule has 0 amide bonds. The molecular weight excluding hydrogens is 472 g/mol. The number of rotatable bonds is 3. The molecule has 0 saturated heterocycles. The van der Waals surface area contributed by atoms with E-state index in [4.69, 9.17) is 5.11 Å². The van der Waals surface area contributed by atoms with Gasteiger partial charge in [0.15, 0.2) is 0 Å². The minimum Gasteiger partial charge on any atom is -0.396 e. The van der Waals surface area contributed by atoms with Crippen molar-refractivity contribution in [3.8, 4) is 0 Å². The van der Waals surface area contributed by atoms with Crippen LogP contribution in [0.4, 0.5) is 48.3 Å². The molecule has 1 aliphatic rings. The first-order valence-corrected chi connectivity index (χ1v) is 6.59. The molecule has 0 aromatic rings. The number of alkyl halides is 11. The number of hydrogen-bond acceptors (Lipinski definition) is 1. The predicted molar refractivity (Wildman–Crippen MR) is 62.4 cm³/mol. The van der Waals surface area contributed by atoms with Gasteiger partial charge < -0.3 is 5.11 Å². The Hall–Kier alpha value is -0.340. The van der Waals surface area contributed by atoms with Gasteiger partial charge in [-0.15, -0.1) is 0 Å². The number of hydrogen-bond donors (Lipinski definition) is 1. The van der Waals surface area contributed by atoms with Crippen molar-refractivity contribution in [3.63, 3.8) is 0 Å². The number of allylic oxidation sites excluding steroid dienone is 1. The largest absolute Gasteiger partial charge is 0.396 e. The van der Waals surface area contributed by atoms with E-state index in [9.17, 15) is 48.3 Å². The van der Waals surface area contributed by atoms with E-state index in [-0.39, 0.29) is 0 Å². The maximum Gasteiger partial charge on any atom is 0.384 e. The molecule has 0 aromatic carbocycles. The van der Waals surface area contributed by atoms with Crippen molar-refractivity contribution in [1.82, 2.24) is 0 Å². The molecule has 1 nitrogen and oxygen atoms in total. The lowest BCUT2D eigenvalue weighted by Gasteiger charge is -2.51. The molecule has 0 aromatic heterocycles. The van der Waals surface area contributed by atoms with Crippen LogP contribution in [0.5, 0.6) is 0 Å². The Morgan fingerprint density at radius 2 is 1.00 bits per heavy atom. The van der Waals surface area contributed by atoms with Crippen molar-refractivity contribution >= 4 is 22.6 Å². The first-order valence-electron chi connectivity index (χ1n) is 5.51. The van der Waals surface area contributed by atoms with E-state index in [0.29, 0.717) is 0 Å². The van der Waals surface area contributed by atoms with Crippen molar-refractivity contribution in [2.45, 2.75) is 41.7 Å². The van der Waals surface area contributed by atoms with Crippen molar-refractivity contribution in [2.75, 3.05) is 6.61 Å². The summed E-state index contributed by atoms with van der Waals surface area (Å²) in [5, 5.41) is 8.44. The van der Waals surface area contributed by atoms with E-state index < -0.39 is 58.0 Å². The molecule has 1 fully saturated rings. The molecular formula is C10H6F11IO. The molecule has 0 radical (unpaired) electrons. The van der Waals surface area contributed by atoms with E-state index >= 15 is 0 Å². The van der Waals surface area contributed by atoms with Crippen LogP contribution in [-0.4, -0.2) is 47.0 Å². The zero-order valence-corrected chi connectivity index (χ0v) is 12.6. The SMILES string of the molecule is OCCC(I)=CC1(F)C(F)(F)C(F)(F)C(F)(F)C(F)(F)C1(F)F. The molecule has 1 aliphatic carbocycles. The van der Waals surface area contributed by atoms with Gasteiger partial charge in [0.25, 0.3) is 5.67 Å². The second-order valence-corrected chi connectivity index (χ2v) is 6.03. The van der Waals surface area contributed by atoms with Crippen molar-refractivity contribution in [1.29, 1.82) is 0 Å². The zero-order chi connectivity index (χ0) is 18.7. The average molecular weight is 478 g/mol. The summed E-state index contributed by atoms with van der Waals surface area (Å²) in [5.74, 6) is -35.1. The first kappa shape index (κ1) is 20.7. The number of aliphatic hydroxyl groups is 1. The molecule has 23 heavy (non-hydrogen) atoms. The molecule has 0 spiro atoms. The van der Waals surface area contributed by atoms with Crippen LogP contribution in [0.3, 0.4) is 0 Å². The van der Waals surface area contributed by atoms with Gasteiger partial charge in [-0.05, 0) is 32.2 Å². The summed E-state index contributed by atoms with van der Waals surface area (Å²) in [6.07, 6.45) is -1.81. The Bertz CT molecular complexity index is 483. The van der Waals surface area contributed by atoms with Gasteiger partial charge in [0.05, 0.1) is 0 Å². The molecule has 0 bridgehead atoms. The Kier molecular flexibility index (Phi) is 4.80. The zero-order valence-electron chi connectivity index (χ0n) is 10.5. The smallest absolute Gasteiger partial charge is 0.384 e. The van der Waals surface area contributed by atoms with E-state index in [2.05, 4.69) is 0 Å². The third-order valence-electron chi connectivity index (χ3n) is 3.20. The highest BCUT2D eigenvalue weighted by molar-refractivity contribution is 14.1. The van der Waals surface area contributed by atoms with Crippen molar-refractivity contribution in [2.24, 2.45) is 0 Å². The minimum absolute atomic E-state index is 0.827. The maximum atomic E-state index is 14.1. The molecule has 13 heteroatoms. The molecule has 0 unspecified atom stereocenters. The summed E-state index contributed by atoms with van der Waals surface area (Å²) >= 11 is 0.837. The fraction of sp³-hybridized carbons (Fsp3) is 0.800. The number of aliphatic hydroxyl groups excluding tert-OH is 1. The molecule has 1 saturated carbocycles. The van der Waals surface area contributed by atoms with Gasteiger partial charge in [-0.25, -0.2) is 4.39 Å². The molecule has 0 aliphatic heterocycles. The quantitative estimate of drug-likeness (QED) is 0.466. The molecule has 1 rings (SSSR count). The second-order valence-electron chi connectivity index (χ2n) is 4.65. The van der Waals surface area contributed by atoms with Crippen molar-refractivity contribution in [3.05, 3.63) is 9.66 Å². The monoisotopic (exact) mass is 478 g/mol. The van der Waals surface area contributed by atoms with Gasteiger partial charge >= 0.3 is 29.6 Å². The van der Waals surface area contributed by atoms with Gasteiger partial charge in [0, 0.05) is 13.0 Å². The highest BCUT2D eigenvalue weighted by atomic mass is 127. The van der Waals surface area contributed by atoms with Crippen molar-refractivity contribution < 1.29 is 53.4 Å². The highest BCUT2D eigenvalue weighted by Gasteiger charge is 3.00. The lowest BCUT2D eigenvalue weighted by atomic mass is 9.72. The fourth-order valence-electron chi connectivity index (χ4n) is 1.82. The third-order valence-corrected chi connectivity index (χ3v) is 4.05. The van der Waals surface area contributed by atoms with Crippen LogP contribution in [0.25, 0.3) is 0 Å². The summed E-state index contributed by atoms with van der Waals surface area (Å²) in [4.78, 5) is 0. The van der Waals surface area contributed by atoms with E-state index in [1.165, 1.54) is 0 Å². The standard InChI is InChI=1S/C10H6F11IO/c11-5(3-4(22)1-2-23)6(12,13)8(16,17)10(20,21)9(18,19)7(5,14)15/h3,23H,1-2H2. The Morgan fingerprint density at radius 3 is 1.30 bits per heavy atom. The van der Waals surface area contributed by atoms with E-state index in [0.717, 1.165) is 22.6 Å². The van der Waals surface area contributed by atoms with E-state index in [1.807, 2.05) is 0 Å². The lowest BCUT2D eigenvalue weighted by Crippen LogP contribution is -2.83. The summed E-state index contributed by atoms with van der Waals surface area (Å²) in [6.45, 7) is -0.953. The van der Waals surface area contributed by atoms with Gasteiger partial charge in [-0.1, -0.05) is 0 Å². The summed E-state index contributed by atoms with van der Waals surface area (Å²) in [6, 6.07) is 0. The second kappa shape index (κ2) is 5.33. The van der Waals surface area contributed by atoms with Crippen LogP contribution in [0.1, 0.15) is 6.42 Å². The third kappa shape index (κ3) is 2.20. The molecule has 0 atom stereocenters. The van der Waals surface area contributed by atoms with E-state index in [1.54, 1.807) is 0 Å².